The first kappa shape index (κ1) is 18.9. The monoisotopic (exact) mass is 369 g/mol. The second-order valence-electron chi connectivity index (χ2n) is 7.05. The number of ether oxygens (including phenoxy) is 2. The molecular formula is C21H23NO5. The van der Waals surface area contributed by atoms with Crippen molar-refractivity contribution in [2.45, 2.75) is 32.9 Å². The van der Waals surface area contributed by atoms with Gasteiger partial charge in [0.15, 0.2) is 11.3 Å². The maximum atomic E-state index is 12.8. The molecule has 27 heavy (non-hydrogen) atoms. The summed E-state index contributed by atoms with van der Waals surface area (Å²) in [5, 5.41) is 0. The molecule has 0 saturated carbocycles. The normalized spacial score (nSPS) is 24.4. The van der Waals surface area contributed by atoms with Crippen LogP contribution < -0.4 is 0 Å². The van der Waals surface area contributed by atoms with Crippen molar-refractivity contribution in [1.29, 1.82) is 0 Å². The fraction of sp³-hybridized carbons (Fsp3) is 0.381. The average molecular weight is 369 g/mol. The van der Waals surface area contributed by atoms with E-state index in [0.29, 0.717) is 5.57 Å². The van der Waals surface area contributed by atoms with E-state index in [2.05, 4.69) is 0 Å². The number of hydrogen-bond acceptors (Lipinski definition) is 5. The number of fused-ring (bicyclic) bond motifs is 1. The lowest BCUT2D eigenvalue weighted by Crippen LogP contribution is -2.57. The highest BCUT2D eigenvalue weighted by Gasteiger charge is 2.49. The molecule has 1 heterocycles. The summed E-state index contributed by atoms with van der Waals surface area (Å²) in [5.74, 6) is -0.885. The highest BCUT2D eigenvalue weighted by molar-refractivity contribution is 6.05. The first-order valence-electron chi connectivity index (χ1n) is 8.83. The van der Waals surface area contributed by atoms with E-state index in [1.54, 1.807) is 19.9 Å². The number of carbonyl (C=O) groups excluding carboxylic acids is 3. The van der Waals surface area contributed by atoms with Gasteiger partial charge in [-0.05, 0) is 42.2 Å². The number of nitrogens with zero attached hydrogens (tertiary/aromatic N) is 1. The summed E-state index contributed by atoms with van der Waals surface area (Å²) in [6, 6.07) is 9.30. The maximum Gasteiger partial charge on any atom is 0.411 e. The number of ketones is 1. The van der Waals surface area contributed by atoms with Crippen molar-refractivity contribution >= 4 is 17.8 Å². The molecule has 0 aromatic heterocycles. The third-order valence-corrected chi connectivity index (χ3v) is 5.37. The standard InChI is InChI=1S/C21H23NO5/c1-13-16-10-21(3,19(24)26-4)22(11-17(16)14(2)18(13)23)20(25)27-12-15-8-6-5-7-9-15/h5-10,13H,11-12H2,1-4H3. The quantitative estimate of drug-likeness (QED) is 0.766. The van der Waals surface area contributed by atoms with E-state index in [1.807, 2.05) is 37.3 Å². The van der Waals surface area contributed by atoms with E-state index in [1.165, 1.54) is 12.0 Å². The van der Waals surface area contributed by atoms with Crippen LogP contribution in [0.3, 0.4) is 0 Å². The van der Waals surface area contributed by atoms with Crippen molar-refractivity contribution < 1.29 is 23.9 Å². The number of benzene rings is 1. The molecule has 0 fully saturated rings. The van der Waals surface area contributed by atoms with E-state index in [0.717, 1.165) is 16.7 Å². The third-order valence-electron chi connectivity index (χ3n) is 5.37. The van der Waals surface area contributed by atoms with E-state index in [4.69, 9.17) is 9.47 Å². The van der Waals surface area contributed by atoms with Gasteiger partial charge >= 0.3 is 12.1 Å². The van der Waals surface area contributed by atoms with Gasteiger partial charge < -0.3 is 9.47 Å². The van der Waals surface area contributed by atoms with E-state index in [-0.39, 0.29) is 24.9 Å². The number of allylic oxidation sites excluding steroid dienone is 1. The predicted molar refractivity (Wildman–Crippen MR) is 98.7 cm³/mol. The number of Topliss-reactive ketones (excluding diaryl/α,β-unsaturated/α-hetero) is 1. The lowest BCUT2D eigenvalue weighted by atomic mass is 9.86. The van der Waals surface area contributed by atoms with Gasteiger partial charge in [-0.2, -0.15) is 0 Å². The van der Waals surface area contributed by atoms with Crippen LogP contribution in [-0.2, 0) is 25.7 Å². The fourth-order valence-electron chi connectivity index (χ4n) is 3.64. The first-order valence-corrected chi connectivity index (χ1v) is 8.83. The SMILES string of the molecule is COC(=O)C1(C)C=C2C(=C(C)C(=O)C2C)CN1C(=O)OCc1ccccc1. The summed E-state index contributed by atoms with van der Waals surface area (Å²) in [7, 11) is 1.28. The first-order chi connectivity index (χ1) is 12.8. The minimum absolute atomic E-state index is 0.0166. The van der Waals surface area contributed by atoms with Gasteiger partial charge in [-0.3, -0.25) is 9.69 Å². The minimum atomic E-state index is -1.33. The minimum Gasteiger partial charge on any atom is -0.467 e. The molecule has 1 aliphatic carbocycles. The molecule has 2 unspecified atom stereocenters. The van der Waals surface area contributed by atoms with Crippen LogP contribution in [-0.4, -0.2) is 41.9 Å². The van der Waals surface area contributed by atoms with Gasteiger partial charge in [0.2, 0.25) is 0 Å². The lowest BCUT2D eigenvalue weighted by molar-refractivity contribution is -0.150. The largest absolute Gasteiger partial charge is 0.467 e. The molecule has 0 bridgehead atoms. The van der Waals surface area contributed by atoms with E-state index in [9.17, 15) is 14.4 Å². The van der Waals surface area contributed by atoms with Crippen molar-refractivity contribution in [1.82, 2.24) is 4.90 Å². The van der Waals surface area contributed by atoms with Crippen LogP contribution in [0.5, 0.6) is 0 Å². The van der Waals surface area contributed by atoms with Crippen molar-refractivity contribution in [3.05, 3.63) is 58.7 Å². The van der Waals surface area contributed by atoms with Gasteiger partial charge in [0, 0.05) is 5.92 Å². The van der Waals surface area contributed by atoms with Gasteiger partial charge in [0.1, 0.15) is 6.61 Å². The third kappa shape index (κ3) is 3.16. The Morgan fingerprint density at radius 3 is 2.56 bits per heavy atom. The zero-order valence-corrected chi connectivity index (χ0v) is 15.9. The fourth-order valence-corrected chi connectivity index (χ4v) is 3.64. The van der Waals surface area contributed by atoms with E-state index >= 15 is 0 Å². The number of hydrogen-bond donors (Lipinski definition) is 0. The summed E-state index contributed by atoms with van der Waals surface area (Å²) in [6.07, 6.45) is 1.04. The topological polar surface area (TPSA) is 72.9 Å². The number of carbonyl (C=O) groups is 3. The second kappa shape index (κ2) is 7.02. The van der Waals surface area contributed by atoms with Gasteiger partial charge in [-0.1, -0.05) is 37.3 Å². The van der Waals surface area contributed by atoms with Gasteiger partial charge in [0.05, 0.1) is 13.7 Å². The smallest absolute Gasteiger partial charge is 0.411 e. The molecular weight excluding hydrogens is 346 g/mol. The van der Waals surface area contributed by atoms with Gasteiger partial charge in [-0.15, -0.1) is 0 Å². The molecule has 1 aromatic carbocycles. The van der Waals surface area contributed by atoms with Crippen LogP contribution in [0.1, 0.15) is 26.3 Å². The Kier molecular flexibility index (Phi) is 4.91. The van der Waals surface area contributed by atoms with Crippen LogP contribution >= 0.6 is 0 Å². The summed E-state index contributed by atoms with van der Waals surface area (Å²) in [6.45, 7) is 5.40. The van der Waals surface area contributed by atoms with Crippen molar-refractivity contribution in [2.75, 3.05) is 13.7 Å². The molecule has 0 radical (unpaired) electrons. The molecule has 2 aliphatic rings. The molecule has 1 aliphatic heterocycles. The molecule has 142 valence electrons. The molecule has 0 saturated heterocycles. The Bertz CT molecular complexity index is 855. The Morgan fingerprint density at radius 1 is 1.26 bits per heavy atom. The van der Waals surface area contributed by atoms with Gasteiger partial charge in [-0.25, -0.2) is 9.59 Å². The Morgan fingerprint density at radius 2 is 1.93 bits per heavy atom. The van der Waals surface area contributed by atoms with Crippen LogP contribution in [0, 0.1) is 5.92 Å². The van der Waals surface area contributed by atoms with E-state index < -0.39 is 17.6 Å². The molecule has 3 rings (SSSR count). The Labute approximate surface area is 158 Å². The molecule has 0 N–H and O–H groups in total. The lowest BCUT2D eigenvalue weighted by Gasteiger charge is -2.40. The predicted octanol–water partition coefficient (Wildman–Crippen LogP) is 3.03. The van der Waals surface area contributed by atoms with Crippen LogP contribution in [0.2, 0.25) is 0 Å². The molecule has 1 aromatic rings. The summed E-state index contributed by atoms with van der Waals surface area (Å²) in [4.78, 5) is 39.0. The van der Waals surface area contributed by atoms with Crippen molar-refractivity contribution in [2.24, 2.45) is 5.92 Å². The highest BCUT2D eigenvalue weighted by Crippen LogP contribution is 2.41. The van der Waals surface area contributed by atoms with Gasteiger partial charge in [0.25, 0.3) is 0 Å². The molecule has 6 heteroatoms. The molecule has 0 spiro atoms. The molecule has 6 nitrogen and oxygen atoms in total. The van der Waals surface area contributed by atoms with Crippen LogP contribution in [0.25, 0.3) is 0 Å². The zero-order valence-electron chi connectivity index (χ0n) is 15.9. The highest BCUT2D eigenvalue weighted by atomic mass is 16.6. The Balaban J connectivity index is 1.92. The molecule has 2 atom stereocenters. The van der Waals surface area contributed by atoms with Crippen molar-refractivity contribution in [3.63, 3.8) is 0 Å². The average Bonchev–Trinajstić information content (AvgIpc) is 2.89. The summed E-state index contributed by atoms with van der Waals surface area (Å²) in [5.41, 5.74) is 1.71. The summed E-state index contributed by atoms with van der Waals surface area (Å²) < 4.78 is 10.4. The second-order valence-corrected chi connectivity index (χ2v) is 7.05. The van der Waals surface area contributed by atoms with Crippen LogP contribution in [0.4, 0.5) is 4.79 Å². The number of methoxy groups -OCH3 is 1. The summed E-state index contributed by atoms with van der Waals surface area (Å²) >= 11 is 0. The van der Waals surface area contributed by atoms with Crippen molar-refractivity contribution in [3.8, 4) is 0 Å². The van der Waals surface area contributed by atoms with Crippen LogP contribution in [0.15, 0.2) is 53.1 Å². The number of amides is 1. The molecule has 1 amide bonds. The Hall–Kier alpha value is -2.89. The maximum absolute atomic E-state index is 12.8. The number of esters is 1. The zero-order chi connectivity index (χ0) is 19.8. The number of rotatable bonds is 3.